The fourth-order valence-electron chi connectivity index (χ4n) is 4.27. The fraction of sp³-hybridized carbons (Fsp3) is 0.360. The van der Waals surface area contributed by atoms with Crippen LogP contribution in [0.1, 0.15) is 28.4 Å². The predicted octanol–water partition coefficient (Wildman–Crippen LogP) is 2.69. The number of benzene rings is 2. The first-order chi connectivity index (χ1) is 17.4. The first-order valence-corrected chi connectivity index (χ1v) is 15.2. The van der Waals surface area contributed by atoms with Crippen LogP contribution in [0.15, 0.2) is 58.6 Å². The minimum Gasteiger partial charge on any atom is -0.369 e. The van der Waals surface area contributed by atoms with Crippen LogP contribution in [0, 0.1) is 13.8 Å². The van der Waals surface area contributed by atoms with Gasteiger partial charge in [0.25, 0.3) is 15.9 Å². The maximum Gasteiger partial charge on any atom is 0.263 e. The van der Waals surface area contributed by atoms with Crippen LogP contribution in [0.25, 0.3) is 0 Å². The van der Waals surface area contributed by atoms with E-state index in [1.807, 2.05) is 12.1 Å². The number of aryl methyl sites for hydroxylation is 2. The number of nitrogens with zero attached hydrogens (tertiary/aromatic N) is 4. The maximum absolute atomic E-state index is 13.6. The Labute approximate surface area is 217 Å². The van der Waals surface area contributed by atoms with Crippen LogP contribution in [0.4, 0.5) is 11.4 Å². The number of sulfone groups is 1. The number of hydrogen-bond donors (Lipinski definition) is 1. The lowest BCUT2D eigenvalue weighted by molar-refractivity contribution is 0.102. The maximum atomic E-state index is 13.6. The first kappa shape index (κ1) is 26.8. The summed E-state index contributed by atoms with van der Waals surface area (Å²) in [6.07, 6.45) is 2.51. The molecule has 0 radical (unpaired) electrons. The molecule has 1 fully saturated rings. The Morgan fingerprint density at radius 2 is 1.62 bits per heavy atom. The van der Waals surface area contributed by atoms with Crippen molar-refractivity contribution in [3.63, 3.8) is 0 Å². The number of hydrogen-bond acceptors (Lipinski definition) is 7. The number of aromatic nitrogens is 2. The zero-order chi connectivity index (χ0) is 27.0. The van der Waals surface area contributed by atoms with E-state index in [0.29, 0.717) is 25.3 Å². The van der Waals surface area contributed by atoms with Gasteiger partial charge >= 0.3 is 0 Å². The number of carbonyl (C=O) groups excluding carboxylic acids is 1. The predicted molar refractivity (Wildman–Crippen MR) is 142 cm³/mol. The summed E-state index contributed by atoms with van der Waals surface area (Å²) in [7, 11) is -7.41. The summed E-state index contributed by atoms with van der Waals surface area (Å²) in [5.74, 6) is -0.639. The van der Waals surface area contributed by atoms with E-state index in [1.165, 1.54) is 50.6 Å². The Morgan fingerprint density at radius 3 is 2.22 bits per heavy atom. The van der Waals surface area contributed by atoms with Crippen LogP contribution in [0.2, 0.25) is 0 Å². The fourth-order valence-corrected chi connectivity index (χ4v) is 6.42. The Bertz CT molecular complexity index is 1520. The number of rotatable bonds is 7. The van der Waals surface area contributed by atoms with Crippen LogP contribution in [-0.2, 0) is 26.4 Å². The van der Waals surface area contributed by atoms with E-state index in [2.05, 4.69) is 35.2 Å². The number of amides is 1. The lowest BCUT2D eigenvalue weighted by Crippen LogP contribution is -2.49. The van der Waals surface area contributed by atoms with Crippen molar-refractivity contribution in [2.24, 2.45) is 0 Å². The molecule has 2 aromatic carbocycles. The third-order valence-electron chi connectivity index (χ3n) is 6.58. The van der Waals surface area contributed by atoms with E-state index < -0.39 is 25.8 Å². The number of nitrogens with one attached hydrogen (secondary N) is 1. The molecule has 10 nitrogen and oxygen atoms in total. The third kappa shape index (κ3) is 5.55. The third-order valence-corrected chi connectivity index (χ3v) is 9.54. The highest BCUT2D eigenvalue weighted by Crippen LogP contribution is 2.27. The van der Waals surface area contributed by atoms with E-state index in [4.69, 9.17) is 0 Å². The molecule has 1 aliphatic heterocycles. The monoisotopic (exact) mass is 545 g/mol. The molecule has 1 N–H and O–H groups in total. The average molecular weight is 546 g/mol. The molecule has 1 amide bonds. The van der Waals surface area contributed by atoms with Gasteiger partial charge in [0.1, 0.15) is 0 Å². The van der Waals surface area contributed by atoms with Crippen LogP contribution >= 0.6 is 0 Å². The molecule has 0 saturated carbocycles. The van der Waals surface area contributed by atoms with Crippen LogP contribution in [-0.4, -0.2) is 69.3 Å². The van der Waals surface area contributed by atoms with Gasteiger partial charge in [0, 0.05) is 56.6 Å². The second kappa shape index (κ2) is 10.3. The van der Waals surface area contributed by atoms with Gasteiger partial charge in [-0.2, -0.15) is 9.40 Å². The molecule has 0 unspecified atom stereocenters. The largest absolute Gasteiger partial charge is 0.369 e. The summed E-state index contributed by atoms with van der Waals surface area (Å²) in [5.41, 5.74) is 3.72. The highest BCUT2D eigenvalue weighted by molar-refractivity contribution is 7.90. The lowest BCUT2D eigenvalue weighted by atomic mass is 10.1. The number of piperazine rings is 1. The lowest BCUT2D eigenvalue weighted by Gasteiger charge is -2.36. The van der Waals surface area contributed by atoms with Crippen molar-refractivity contribution in [2.75, 3.05) is 42.7 Å². The van der Waals surface area contributed by atoms with Crippen molar-refractivity contribution in [1.82, 2.24) is 14.1 Å². The highest BCUT2D eigenvalue weighted by atomic mass is 32.2. The van der Waals surface area contributed by atoms with E-state index in [0.717, 1.165) is 11.9 Å². The first-order valence-electron chi connectivity index (χ1n) is 11.9. The van der Waals surface area contributed by atoms with Gasteiger partial charge in [-0.3, -0.25) is 9.48 Å². The quantitative estimate of drug-likeness (QED) is 0.484. The summed E-state index contributed by atoms with van der Waals surface area (Å²) in [6.45, 7) is 7.88. The molecule has 0 bridgehead atoms. The average Bonchev–Trinajstić information content (AvgIpc) is 3.31. The zero-order valence-corrected chi connectivity index (χ0v) is 22.9. The molecule has 4 rings (SSSR count). The van der Waals surface area contributed by atoms with E-state index in [-0.39, 0.29) is 28.6 Å². The molecular weight excluding hydrogens is 514 g/mol. The van der Waals surface area contributed by atoms with E-state index in [9.17, 15) is 21.6 Å². The topological polar surface area (TPSA) is 122 Å². The molecule has 12 heteroatoms. The normalized spacial score (nSPS) is 15.1. The van der Waals surface area contributed by atoms with Crippen LogP contribution in [0.3, 0.4) is 0 Å². The van der Waals surface area contributed by atoms with Crippen LogP contribution in [0.5, 0.6) is 0 Å². The molecule has 1 aliphatic rings. The second-order valence-electron chi connectivity index (χ2n) is 9.06. The smallest absolute Gasteiger partial charge is 0.263 e. The van der Waals surface area contributed by atoms with Gasteiger partial charge in [-0.1, -0.05) is 12.1 Å². The minimum absolute atomic E-state index is 0.0639. The number of anilines is 2. The SMILES string of the molecule is CCn1cc(C(=O)Nc2ccc(S(C)(=O)=O)cc2)c(S(=O)(=O)N2CCN(c3cccc(C)c3C)CC2)n1. The van der Waals surface area contributed by atoms with Crippen molar-refractivity contribution < 1.29 is 21.6 Å². The molecule has 2 heterocycles. The molecular formula is C25H31N5O5S2. The summed E-state index contributed by atoms with van der Waals surface area (Å²) >= 11 is 0. The number of sulfonamides is 1. The van der Waals surface area contributed by atoms with Crippen molar-refractivity contribution in [2.45, 2.75) is 37.2 Å². The van der Waals surface area contributed by atoms with Gasteiger partial charge < -0.3 is 10.2 Å². The van der Waals surface area contributed by atoms with Gasteiger partial charge in [0.15, 0.2) is 9.84 Å². The molecule has 0 spiro atoms. The molecule has 3 aromatic rings. The van der Waals surface area contributed by atoms with Gasteiger partial charge in [-0.25, -0.2) is 16.8 Å². The van der Waals surface area contributed by atoms with Gasteiger partial charge in [0.05, 0.1) is 10.5 Å². The van der Waals surface area contributed by atoms with E-state index in [1.54, 1.807) is 6.92 Å². The van der Waals surface area contributed by atoms with Gasteiger partial charge in [0.2, 0.25) is 5.03 Å². The zero-order valence-electron chi connectivity index (χ0n) is 21.3. The van der Waals surface area contributed by atoms with Crippen molar-refractivity contribution in [3.05, 3.63) is 65.4 Å². The Balaban J connectivity index is 1.54. The Kier molecular flexibility index (Phi) is 7.45. The summed E-state index contributed by atoms with van der Waals surface area (Å²) in [6, 6.07) is 11.8. The Hall–Kier alpha value is -3.22. The number of carbonyl (C=O) groups is 1. The summed E-state index contributed by atoms with van der Waals surface area (Å²) in [5, 5.41) is 6.58. The molecule has 0 aliphatic carbocycles. The Morgan fingerprint density at radius 1 is 0.973 bits per heavy atom. The second-order valence-corrected chi connectivity index (χ2v) is 12.9. The van der Waals surface area contributed by atoms with Gasteiger partial charge in [-0.15, -0.1) is 0 Å². The highest BCUT2D eigenvalue weighted by Gasteiger charge is 2.35. The van der Waals surface area contributed by atoms with Crippen molar-refractivity contribution >= 4 is 37.1 Å². The summed E-state index contributed by atoms with van der Waals surface area (Å²) < 4.78 is 53.4. The van der Waals surface area contributed by atoms with Crippen LogP contribution < -0.4 is 10.2 Å². The summed E-state index contributed by atoms with van der Waals surface area (Å²) in [4.78, 5) is 15.4. The minimum atomic E-state index is -4.03. The van der Waals surface area contributed by atoms with Crippen molar-refractivity contribution in [3.8, 4) is 0 Å². The van der Waals surface area contributed by atoms with E-state index >= 15 is 0 Å². The molecule has 1 saturated heterocycles. The standard InChI is InChI=1S/C25H31N5O5S2/c1-5-29-17-22(24(31)26-20-9-11-21(12-10-20)36(4,32)33)25(27-29)37(34,35)30-15-13-28(14-16-30)23-8-6-7-18(2)19(23)3/h6-12,17H,5,13-16H2,1-4H3,(H,26,31). The molecule has 1 aromatic heterocycles. The van der Waals surface area contributed by atoms with Gasteiger partial charge in [-0.05, 0) is 62.2 Å². The molecule has 0 atom stereocenters. The molecule has 198 valence electrons. The van der Waals surface area contributed by atoms with Crippen molar-refractivity contribution in [1.29, 1.82) is 0 Å². The molecule has 37 heavy (non-hydrogen) atoms.